The van der Waals surface area contributed by atoms with Crippen LogP contribution in [0, 0.1) is 0 Å². The smallest absolute Gasteiger partial charge is 0.321 e. The molecular weight excluding hydrogens is 430 g/mol. The van der Waals surface area contributed by atoms with E-state index in [1.54, 1.807) is 0 Å². The highest BCUT2D eigenvalue weighted by molar-refractivity contribution is 9.10. The average Bonchev–Trinajstić information content (AvgIpc) is 3.15. The maximum absolute atomic E-state index is 12.6. The molecule has 3 aromatic rings. The number of carbonyl (C=O) groups excluding carboxylic acids is 2. The number of nitrogens with one attached hydrogen (secondary N) is 3. The number of thioether (sulfide) groups is 1. The second kappa shape index (κ2) is 8.83. The fourth-order valence-electron chi connectivity index (χ4n) is 2.32. The fourth-order valence-corrected chi connectivity index (χ4v) is 3.70. The van der Waals surface area contributed by atoms with E-state index in [0.29, 0.717) is 11.0 Å². The average molecular weight is 446 g/mol. The molecule has 3 N–H and O–H groups in total. The van der Waals surface area contributed by atoms with Gasteiger partial charge in [0.25, 0.3) is 0 Å². The van der Waals surface area contributed by atoms with Crippen LogP contribution < -0.4 is 10.6 Å². The van der Waals surface area contributed by atoms with Gasteiger partial charge in [-0.3, -0.25) is 15.2 Å². The molecule has 0 unspecified atom stereocenters. The summed E-state index contributed by atoms with van der Waals surface area (Å²) in [6.07, 6.45) is 0. The molecule has 1 atom stereocenters. The number of imide groups is 1. The molecule has 0 fully saturated rings. The summed E-state index contributed by atoms with van der Waals surface area (Å²) in [7, 11) is 1.45. The van der Waals surface area contributed by atoms with Crippen molar-refractivity contribution in [3.05, 3.63) is 64.6 Å². The normalized spacial score (nSPS) is 11.6. The first-order chi connectivity index (χ1) is 13.1. The molecule has 0 radical (unpaired) electrons. The Bertz CT molecular complexity index is 948. The molecule has 0 saturated heterocycles. The molecule has 27 heavy (non-hydrogen) atoms. The summed E-state index contributed by atoms with van der Waals surface area (Å²) < 4.78 is 0.884. The van der Waals surface area contributed by atoms with E-state index in [9.17, 15) is 9.59 Å². The van der Waals surface area contributed by atoms with Crippen LogP contribution in [0.3, 0.4) is 0 Å². The molecule has 0 aliphatic carbocycles. The number of hydrogen-bond acceptors (Lipinski definition) is 5. The van der Waals surface area contributed by atoms with E-state index in [1.807, 2.05) is 54.6 Å². The number of halogens is 1. The van der Waals surface area contributed by atoms with Crippen molar-refractivity contribution in [3.63, 3.8) is 0 Å². The third kappa shape index (κ3) is 4.75. The van der Waals surface area contributed by atoms with Crippen molar-refractivity contribution in [1.82, 2.24) is 25.8 Å². The largest absolute Gasteiger partial charge is 0.341 e. The number of aromatic amines is 1. The maximum Gasteiger partial charge on any atom is 0.321 e. The van der Waals surface area contributed by atoms with Crippen molar-refractivity contribution in [1.29, 1.82) is 0 Å². The van der Waals surface area contributed by atoms with Gasteiger partial charge in [-0.2, -0.15) is 0 Å². The first kappa shape index (κ1) is 19.1. The van der Waals surface area contributed by atoms with Gasteiger partial charge in [0.05, 0.1) is 0 Å². The predicted molar refractivity (Wildman–Crippen MR) is 107 cm³/mol. The number of carbonyl (C=O) groups is 2. The molecule has 2 aromatic carbocycles. The standard InChI is InChI=1S/C18H16BrN5O2S/c1-20-17(26)22-16(25)14(11-7-3-2-4-8-11)27-18-21-15(23-24-18)12-9-5-6-10-13(12)19/h2-10,14H,1H3,(H,21,23,24)(H2,20,22,25,26)/t14-/m1/s1. The summed E-state index contributed by atoms with van der Waals surface area (Å²) in [5.41, 5.74) is 1.61. The molecule has 0 bridgehead atoms. The van der Waals surface area contributed by atoms with E-state index in [0.717, 1.165) is 27.4 Å². The highest BCUT2D eigenvalue weighted by atomic mass is 79.9. The third-order valence-corrected chi connectivity index (χ3v) is 5.43. The number of nitrogens with zero attached hydrogens (tertiary/aromatic N) is 2. The predicted octanol–water partition coefficient (Wildman–Crippen LogP) is 3.52. The Morgan fingerprint density at radius 1 is 1.11 bits per heavy atom. The van der Waals surface area contributed by atoms with Crippen molar-refractivity contribution in [2.45, 2.75) is 10.4 Å². The van der Waals surface area contributed by atoms with Gasteiger partial charge in [-0.05, 0) is 11.6 Å². The topological polar surface area (TPSA) is 99.8 Å². The number of amides is 3. The molecule has 9 heteroatoms. The van der Waals surface area contributed by atoms with Crippen LogP contribution in [0.25, 0.3) is 11.4 Å². The minimum atomic E-state index is -0.675. The van der Waals surface area contributed by atoms with Crippen LogP contribution in [0.15, 0.2) is 64.2 Å². The van der Waals surface area contributed by atoms with Crippen LogP contribution in [0.2, 0.25) is 0 Å². The number of hydrogen-bond donors (Lipinski definition) is 3. The lowest BCUT2D eigenvalue weighted by Gasteiger charge is -2.14. The van der Waals surface area contributed by atoms with Gasteiger partial charge in [0, 0.05) is 17.1 Å². The van der Waals surface area contributed by atoms with Crippen molar-refractivity contribution in [3.8, 4) is 11.4 Å². The zero-order valence-corrected chi connectivity index (χ0v) is 16.7. The summed E-state index contributed by atoms with van der Waals surface area (Å²) in [5, 5.41) is 11.5. The molecule has 3 amide bonds. The van der Waals surface area contributed by atoms with Crippen molar-refractivity contribution < 1.29 is 9.59 Å². The van der Waals surface area contributed by atoms with E-state index in [-0.39, 0.29) is 0 Å². The molecule has 0 saturated carbocycles. The molecule has 0 spiro atoms. The van der Waals surface area contributed by atoms with Gasteiger partial charge in [-0.25, -0.2) is 9.78 Å². The van der Waals surface area contributed by atoms with Crippen LogP contribution in [-0.2, 0) is 4.79 Å². The molecule has 0 aliphatic heterocycles. The lowest BCUT2D eigenvalue weighted by molar-refractivity contribution is -0.119. The van der Waals surface area contributed by atoms with Crippen molar-refractivity contribution in [2.75, 3.05) is 7.05 Å². The van der Waals surface area contributed by atoms with Crippen LogP contribution in [0.5, 0.6) is 0 Å². The Balaban J connectivity index is 1.85. The number of aromatic nitrogens is 3. The Hall–Kier alpha value is -2.65. The van der Waals surface area contributed by atoms with Crippen LogP contribution in [-0.4, -0.2) is 34.2 Å². The molecule has 0 aliphatic rings. The van der Waals surface area contributed by atoms with Crippen LogP contribution in [0.1, 0.15) is 10.8 Å². The minimum absolute atomic E-state index is 0.404. The lowest BCUT2D eigenvalue weighted by atomic mass is 10.1. The van der Waals surface area contributed by atoms with E-state index in [2.05, 4.69) is 41.7 Å². The van der Waals surface area contributed by atoms with Gasteiger partial charge in [0.2, 0.25) is 11.1 Å². The number of H-pyrrole nitrogens is 1. The number of rotatable bonds is 5. The van der Waals surface area contributed by atoms with Crippen LogP contribution in [0.4, 0.5) is 4.79 Å². The quantitative estimate of drug-likeness (QED) is 0.521. The second-order valence-corrected chi connectivity index (χ2v) is 7.35. The zero-order valence-electron chi connectivity index (χ0n) is 14.3. The first-order valence-corrected chi connectivity index (χ1v) is 9.67. The van der Waals surface area contributed by atoms with Gasteiger partial charge < -0.3 is 5.32 Å². The van der Waals surface area contributed by atoms with E-state index < -0.39 is 17.2 Å². The molecule has 1 heterocycles. The first-order valence-electron chi connectivity index (χ1n) is 8.00. The van der Waals surface area contributed by atoms with Crippen molar-refractivity contribution in [2.24, 2.45) is 0 Å². The SMILES string of the molecule is CNC(=O)NC(=O)[C@H](Sc1n[nH]c(-c2ccccc2Br)n1)c1ccccc1. The minimum Gasteiger partial charge on any atom is -0.341 e. The van der Waals surface area contributed by atoms with Gasteiger partial charge in [-0.1, -0.05) is 76.2 Å². The van der Waals surface area contributed by atoms with E-state index >= 15 is 0 Å². The van der Waals surface area contributed by atoms with Gasteiger partial charge in [0.1, 0.15) is 5.25 Å². The van der Waals surface area contributed by atoms with Gasteiger partial charge in [-0.15, -0.1) is 5.10 Å². The summed E-state index contributed by atoms with van der Waals surface area (Å²) >= 11 is 4.65. The summed E-state index contributed by atoms with van der Waals surface area (Å²) in [4.78, 5) is 28.6. The van der Waals surface area contributed by atoms with Crippen molar-refractivity contribution >= 4 is 39.6 Å². The Morgan fingerprint density at radius 3 is 2.52 bits per heavy atom. The Morgan fingerprint density at radius 2 is 1.81 bits per heavy atom. The molecule has 3 rings (SSSR count). The summed E-state index contributed by atoms with van der Waals surface area (Å²) in [6.45, 7) is 0. The third-order valence-electron chi connectivity index (χ3n) is 3.62. The Labute approximate surface area is 168 Å². The molecule has 138 valence electrons. The summed E-state index contributed by atoms with van der Waals surface area (Å²) in [5.74, 6) is 0.140. The highest BCUT2D eigenvalue weighted by Crippen LogP contribution is 2.35. The van der Waals surface area contributed by atoms with Crippen LogP contribution >= 0.6 is 27.7 Å². The van der Waals surface area contributed by atoms with E-state index in [4.69, 9.17) is 0 Å². The molecule has 1 aromatic heterocycles. The lowest BCUT2D eigenvalue weighted by Crippen LogP contribution is -2.39. The second-order valence-electron chi connectivity index (χ2n) is 5.42. The number of urea groups is 1. The Kier molecular flexibility index (Phi) is 6.25. The van der Waals surface area contributed by atoms with Gasteiger partial charge in [0.15, 0.2) is 5.82 Å². The number of benzene rings is 2. The van der Waals surface area contributed by atoms with Gasteiger partial charge >= 0.3 is 6.03 Å². The summed E-state index contributed by atoms with van der Waals surface area (Å²) in [6, 6.07) is 16.2. The monoisotopic (exact) mass is 445 g/mol. The molecule has 7 nitrogen and oxygen atoms in total. The maximum atomic E-state index is 12.6. The highest BCUT2D eigenvalue weighted by Gasteiger charge is 2.25. The zero-order chi connectivity index (χ0) is 19.2. The van der Waals surface area contributed by atoms with E-state index in [1.165, 1.54) is 7.05 Å². The molecular formula is C18H16BrN5O2S. The fraction of sp³-hybridized carbons (Fsp3) is 0.111.